The first-order chi connectivity index (χ1) is 10.8. The molecule has 0 atom stereocenters. The van der Waals surface area contributed by atoms with Crippen molar-refractivity contribution in [3.63, 3.8) is 0 Å². The van der Waals surface area contributed by atoms with Crippen molar-refractivity contribution in [2.24, 2.45) is 0 Å². The molecule has 1 aliphatic carbocycles. The van der Waals surface area contributed by atoms with E-state index in [9.17, 15) is 0 Å². The molecule has 4 rings (SSSR count). The van der Waals surface area contributed by atoms with Gasteiger partial charge in [-0.3, -0.25) is 0 Å². The molecular formula is C15H13BrN4OS. The van der Waals surface area contributed by atoms with E-state index < -0.39 is 0 Å². The van der Waals surface area contributed by atoms with Crippen molar-refractivity contribution in [3.8, 4) is 11.5 Å². The molecule has 3 aromatic rings. The number of hydrogen-bond donors (Lipinski definition) is 0. The van der Waals surface area contributed by atoms with Gasteiger partial charge in [-0.15, -0.1) is 10.2 Å². The smallest absolute Gasteiger partial charge is 0.248 e. The van der Waals surface area contributed by atoms with Crippen molar-refractivity contribution in [1.29, 1.82) is 0 Å². The first-order valence-electron chi connectivity index (χ1n) is 7.04. The minimum Gasteiger partial charge on any atom is -0.420 e. The molecule has 1 saturated carbocycles. The first-order valence-corrected chi connectivity index (χ1v) is 8.82. The third-order valence-electron chi connectivity index (χ3n) is 3.47. The van der Waals surface area contributed by atoms with Crippen LogP contribution in [0.2, 0.25) is 0 Å². The third kappa shape index (κ3) is 2.83. The number of aromatic nitrogens is 4. The van der Waals surface area contributed by atoms with Gasteiger partial charge in [0, 0.05) is 22.9 Å². The summed E-state index contributed by atoms with van der Waals surface area (Å²) in [6, 6.07) is 8.45. The highest BCUT2D eigenvalue weighted by Crippen LogP contribution is 2.38. The highest BCUT2D eigenvalue weighted by atomic mass is 79.9. The van der Waals surface area contributed by atoms with Crippen LogP contribution in [0.25, 0.3) is 11.5 Å². The Labute approximate surface area is 140 Å². The molecule has 0 spiro atoms. The molecular weight excluding hydrogens is 364 g/mol. The van der Waals surface area contributed by atoms with E-state index >= 15 is 0 Å². The van der Waals surface area contributed by atoms with Crippen LogP contribution in [0.15, 0.2) is 50.7 Å². The van der Waals surface area contributed by atoms with E-state index in [-0.39, 0.29) is 0 Å². The Morgan fingerprint density at radius 2 is 2.14 bits per heavy atom. The van der Waals surface area contributed by atoms with Crippen molar-refractivity contribution in [2.75, 3.05) is 0 Å². The van der Waals surface area contributed by atoms with E-state index in [4.69, 9.17) is 4.42 Å². The summed E-state index contributed by atoms with van der Waals surface area (Å²) in [5.74, 6) is 1.77. The summed E-state index contributed by atoms with van der Waals surface area (Å²) in [4.78, 5) is 4.40. The Kier molecular flexibility index (Phi) is 3.75. The molecule has 112 valence electrons. The van der Waals surface area contributed by atoms with Crippen LogP contribution in [0.3, 0.4) is 0 Å². The number of rotatable bonds is 5. The third-order valence-corrected chi connectivity index (χ3v) is 5.13. The van der Waals surface area contributed by atoms with Crippen LogP contribution < -0.4 is 0 Å². The maximum Gasteiger partial charge on any atom is 0.248 e. The summed E-state index contributed by atoms with van der Waals surface area (Å²) < 4.78 is 8.93. The molecule has 22 heavy (non-hydrogen) atoms. The quantitative estimate of drug-likeness (QED) is 0.620. The van der Waals surface area contributed by atoms with Crippen molar-refractivity contribution in [1.82, 2.24) is 19.7 Å². The maximum absolute atomic E-state index is 5.75. The molecule has 1 aromatic carbocycles. The summed E-state index contributed by atoms with van der Waals surface area (Å²) in [6.45, 7) is 0. The van der Waals surface area contributed by atoms with Crippen LogP contribution in [0.4, 0.5) is 0 Å². The largest absolute Gasteiger partial charge is 0.420 e. The average Bonchev–Trinajstić information content (AvgIpc) is 3.09. The topological polar surface area (TPSA) is 56.7 Å². The lowest BCUT2D eigenvalue weighted by atomic mass is 10.2. The predicted molar refractivity (Wildman–Crippen MR) is 87.5 cm³/mol. The Hall–Kier alpha value is -1.60. The Morgan fingerprint density at radius 1 is 1.27 bits per heavy atom. The molecule has 1 fully saturated rings. The van der Waals surface area contributed by atoms with Crippen LogP contribution in [0, 0.1) is 0 Å². The maximum atomic E-state index is 5.75. The van der Waals surface area contributed by atoms with Gasteiger partial charge in [0.25, 0.3) is 0 Å². The highest BCUT2D eigenvalue weighted by molar-refractivity contribution is 9.10. The minimum atomic E-state index is 0.536. The zero-order valence-corrected chi connectivity index (χ0v) is 14.0. The second kappa shape index (κ2) is 5.89. The lowest BCUT2D eigenvalue weighted by Gasteiger charge is -2.03. The SMILES string of the molecule is Brc1ccccc1-c1nnc(CSc2nccn2C2CC2)o1. The molecule has 0 amide bonds. The number of benzene rings is 1. The zero-order chi connectivity index (χ0) is 14.9. The van der Waals surface area contributed by atoms with E-state index in [0.29, 0.717) is 23.6 Å². The van der Waals surface area contributed by atoms with Gasteiger partial charge < -0.3 is 8.98 Å². The molecule has 2 heterocycles. The van der Waals surface area contributed by atoms with Gasteiger partial charge in [-0.25, -0.2) is 4.98 Å². The van der Waals surface area contributed by atoms with Gasteiger partial charge >= 0.3 is 0 Å². The molecule has 0 saturated heterocycles. The van der Waals surface area contributed by atoms with Crippen LogP contribution in [-0.4, -0.2) is 19.7 Å². The lowest BCUT2D eigenvalue weighted by molar-refractivity contribution is 0.527. The standard InChI is InChI=1S/C15H13BrN4OS/c16-12-4-2-1-3-11(12)14-19-18-13(21-14)9-22-15-17-7-8-20(15)10-5-6-10/h1-4,7-8,10H,5-6,9H2. The molecule has 0 bridgehead atoms. The van der Waals surface area contributed by atoms with E-state index in [1.54, 1.807) is 11.8 Å². The molecule has 7 heteroatoms. The summed E-state index contributed by atoms with van der Waals surface area (Å²) >= 11 is 5.13. The van der Waals surface area contributed by atoms with E-state index in [2.05, 4.69) is 35.7 Å². The van der Waals surface area contributed by atoms with E-state index in [0.717, 1.165) is 15.2 Å². The van der Waals surface area contributed by atoms with Crippen molar-refractivity contribution in [2.45, 2.75) is 29.8 Å². The summed E-state index contributed by atoms with van der Waals surface area (Å²) in [5, 5.41) is 9.27. The normalized spacial score (nSPS) is 14.4. The van der Waals surface area contributed by atoms with Crippen LogP contribution in [0.1, 0.15) is 24.8 Å². The van der Waals surface area contributed by atoms with Gasteiger partial charge in [-0.05, 0) is 40.9 Å². The van der Waals surface area contributed by atoms with Gasteiger partial charge in [-0.2, -0.15) is 0 Å². The van der Waals surface area contributed by atoms with Crippen molar-refractivity contribution >= 4 is 27.7 Å². The fraction of sp³-hybridized carbons (Fsp3) is 0.267. The minimum absolute atomic E-state index is 0.536. The van der Waals surface area contributed by atoms with Gasteiger partial charge in [0.1, 0.15) is 0 Å². The number of halogens is 1. The average molecular weight is 377 g/mol. The van der Waals surface area contributed by atoms with Gasteiger partial charge in [0.15, 0.2) is 5.16 Å². The number of thioether (sulfide) groups is 1. The van der Waals surface area contributed by atoms with Crippen LogP contribution in [-0.2, 0) is 5.75 Å². The van der Waals surface area contributed by atoms with Crippen LogP contribution in [0.5, 0.6) is 0 Å². The Bertz CT molecular complexity index is 796. The Morgan fingerprint density at radius 3 is 2.95 bits per heavy atom. The van der Waals surface area contributed by atoms with Crippen molar-refractivity contribution < 1.29 is 4.42 Å². The second-order valence-electron chi connectivity index (χ2n) is 5.12. The van der Waals surface area contributed by atoms with Gasteiger partial charge in [-0.1, -0.05) is 23.9 Å². The highest BCUT2D eigenvalue weighted by Gasteiger charge is 2.25. The molecule has 0 unspecified atom stereocenters. The first kappa shape index (κ1) is 14.0. The summed E-state index contributed by atoms with van der Waals surface area (Å²) in [6.07, 6.45) is 6.38. The molecule has 2 aromatic heterocycles. The summed E-state index contributed by atoms with van der Waals surface area (Å²) in [5.41, 5.74) is 0.908. The van der Waals surface area contributed by atoms with Crippen molar-refractivity contribution in [3.05, 3.63) is 47.0 Å². The molecule has 0 radical (unpaired) electrons. The zero-order valence-electron chi connectivity index (χ0n) is 11.6. The molecule has 0 N–H and O–H groups in total. The monoisotopic (exact) mass is 376 g/mol. The van der Waals surface area contributed by atoms with E-state index in [1.165, 1.54) is 12.8 Å². The molecule has 1 aliphatic rings. The number of hydrogen-bond acceptors (Lipinski definition) is 5. The second-order valence-corrected chi connectivity index (χ2v) is 6.91. The van der Waals surface area contributed by atoms with Gasteiger partial charge in [0.2, 0.25) is 11.8 Å². The van der Waals surface area contributed by atoms with E-state index in [1.807, 2.05) is 36.7 Å². The molecule has 5 nitrogen and oxygen atoms in total. The van der Waals surface area contributed by atoms with Crippen LogP contribution >= 0.6 is 27.7 Å². The number of nitrogens with zero attached hydrogens (tertiary/aromatic N) is 4. The predicted octanol–water partition coefficient (Wildman–Crippen LogP) is 4.32. The Balaban J connectivity index is 1.48. The fourth-order valence-corrected chi connectivity index (χ4v) is 3.54. The fourth-order valence-electron chi connectivity index (χ4n) is 2.22. The lowest BCUT2D eigenvalue weighted by Crippen LogP contribution is -1.94. The summed E-state index contributed by atoms with van der Waals surface area (Å²) in [7, 11) is 0. The molecule has 0 aliphatic heterocycles. The number of imidazole rings is 1. The van der Waals surface area contributed by atoms with Gasteiger partial charge in [0.05, 0.1) is 11.3 Å².